The van der Waals surface area contributed by atoms with Gasteiger partial charge >= 0.3 is 0 Å². The average Bonchev–Trinajstić information content (AvgIpc) is 2.15. The molecule has 0 aliphatic heterocycles. The molecule has 0 heterocycles. The Labute approximate surface area is 96.7 Å². The Morgan fingerprint density at radius 2 is 2.12 bits per heavy atom. The lowest BCUT2D eigenvalue weighted by atomic mass is 9.92. The number of hydrogen-bond acceptors (Lipinski definition) is 3. The summed E-state index contributed by atoms with van der Waals surface area (Å²) in [5.74, 6) is -0.452. The van der Waals surface area contributed by atoms with Gasteiger partial charge in [0.2, 0.25) is 5.91 Å². The van der Waals surface area contributed by atoms with Crippen LogP contribution in [0.5, 0.6) is 0 Å². The fourth-order valence-corrected chi connectivity index (χ4v) is 2.38. The third-order valence-electron chi connectivity index (χ3n) is 2.71. The molecule has 0 spiro atoms. The molecule has 2 atom stereocenters. The Morgan fingerprint density at radius 3 is 2.44 bits per heavy atom. The highest BCUT2D eigenvalue weighted by molar-refractivity contribution is 7.86. The number of hydrogen-bond donors (Lipinski definition) is 2. The first-order valence-electron chi connectivity index (χ1n) is 5.08. The highest BCUT2D eigenvalue weighted by Crippen LogP contribution is 2.22. The molecule has 0 fully saturated rings. The summed E-state index contributed by atoms with van der Waals surface area (Å²) < 4.78 is 31.2. The van der Waals surface area contributed by atoms with Crippen molar-refractivity contribution in [2.75, 3.05) is 0 Å². The summed E-state index contributed by atoms with van der Waals surface area (Å²) in [6.45, 7) is 8.14. The Hall–Kier alpha value is -0.880. The van der Waals surface area contributed by atoms with Crippen molar-refractivity contribution in [2.45, 2.75) is 44.4 Å². The lowest BCUT2D eigenvalue weighted by Gasteiger charge is -2.34. The summed E-state index contributed by atoms with van der Waals surface area (Å²) in [7, 11) is -4.19. The standard InChI is InChI=1S/C10H19NO4S/c1-5-7-10(4,11-9(12)6-2)8(3)16(13,14)15/h6,8H,2,5,7H2,1,3-4H3,(H,11,12)(H,13,14,15). The predicted molar refractivity (Wildman–Crippen MR) is 62.7 cm³/mol. The second kappa shape index (κ2) is 5.45. The van der Waals surface area contributed by atoms with Gasteiger partial charge in [-0.05, 0) is 26.3 Å². The van der Waals surface area contributed by atoms with Crippen molar-refractivity contribution < 1.29 is 17.8 Å². The molecule has 1 amide bonds. The second-order valence-electron chi connectivity index (χ2n) is 4.02. The van der Waals surface area contributed by atoms with Crippen molar-refractivity contribution in [3.8, 4) is 0 Å². The summed E-state index contributed by atoms with van der Waals surface area (Å²) in [6.07, 6.45) is 2.21. The van der Waals surface area contributed by atoms with Crippen LogP contribution in [0.3, 0.4) is 0 Å². The third-order valence-corrected chi connectivity index (χ3v) is 4.12. The summed E-state index contributed by atoms with van der Waals surface area (Å²) in [4.78, 5) is 11.2. The van der Waals surface area contributed by atoms with E-state index in [2.05, 4.69) is 11.9 Å². The van der Waals surface area contributed by atoms with Gasteiger partial charge in [0.05, 0.1) is 5.54 Å². The van der Waals surface area contributed by atoms with Gasteiger partial charge < -0.3 is 5.32 Å². The smallest absolute Gasteiger partial charge is 0.269 e. The van der Waals surface area contributed by atoms with Gasteiger partial charge in [-0.1, -0.05) is 19.9 Å². The molecule has 0 aliphatic carbocycles. The third kappa shape index (κ3) is 3.94. The fourth-order valence-electron chi connectivity index (χ4n) is 1.55. The second-order valence-corrected chi connectivity index (χ2v) is 5.76. The van der Waals surface area contributed by atoms with Crippen LogP contribution in [-0.4, -0.2) is 29.7 Å². The Kier molecular flexibility index (Phi) is 5.15. The van der Waals surface area contributed by atoms with Crippen molar-refractivity contribution in [3.63, 3.8) is 0 Å². The Bertz CT molecular complexity index is 363. The molecule has 0 aromatic heterocycles. The van der Waals surface area contributed by atoms with Gasteiger partial charge in [0.25, 0.3) is 10.1 Å². The van der Waals surface area contributed by atoms with Crippen molar-refractivity contribution >= 4 is 16.0 Å². The average molecular weight is 249 g/mol. The molecule has 2 N–H and O–H groups in total. The molecule has 0 rings (SSSR count). The normalized spacial score (nSPS) is 17.2. The minimum Gasteiger partial charge on any atom is -0.346 e. The zero-order valence-electron chi connectivity index (χ0n) is 9.86. The van der Waals surface area contributed by atoms with Crippen molar-refractivity contribution in [3.05, 3.63) is 12.7 Å². The van der Waals surface area contributed by atoms with Crippen molar-refractivity contribution in [1.82, 2.24) is 5.32 Å². The van der Waals surface area contributed by atoms with Crippen molar-refractivity contribution in [1.29, 1.82) is 0 Å². The molecule has 16 heavy (non-hydrogen) atoms. The van der Waals surface area contributed by atoms with Gasteiger partial charge in [-0.2, -0.15) is 8.42 Å². The molecular formula is C10H19NO4S. The molecule has 0 saturated heterocycles. The number of carbonyl (C=O) groups is 1. The SMILES string of the molecule is C=CC(=O)NC(C)(CCC)C(C)S(=O)(=O)O. The summed E-state index contributed by atoms with van der Waals surface area (Å²) >= 11 is 0. The highest BCUT2D eigenvalue weighted by Gasteiger charge is 2.38. The predicted octanol–water partition coefficient (Wildman–Crippen LogP) is 1.12. The summed E-state index contributed by atoms with van der Waals surface area (Å²) in [5.41, 5.74) is -0.992. The first-order chi connectivity index (χ1) is 7.17. The Morgan fingerprint density at radius 1 is 1.62 bits per heavy atom. The lowest BCUT2D eigenvalue weighted by Crippen LogP contribution is -2.55. The number of nitrogens with one attached hydrogen (secondary N) is 1. The molecule has 94 valence electrons. The highest BCUT2D eigenvalue weighted by atomic mass is 32.2. The molecule has 0 aromatic carbocycles. The van der Waals surface area contributed by atoms with Crippen LogP contribution in [0.4, 0.5) is 0 Å². The van der Waals surface area contributed by atoms with Crippen LogP contribution in [0.25, 0.3) is 0 Å². The first-order valence-corrected chi connectivity index (χ1v) is 6.58. The maximum atomic E-state index is 11.2. The van der Waals surface area contributed by atoms with Crippen LogP contribution in [0.1, 0.15) is 33.6 Å². The number of carbonyl (C=O) groups excluding carboxylic acids is 1. The molecular weight excluding hydrogens is 230 g/mol. The zero-order valence-corrected chi connectivity index (χ0v) is 10.7. The van der Waals surface area contributed by atoms with Gasteiger partial charge in [0, 0.05) is 0 Å². The van der Waals surface area contributed by atoms with Crippen LogP contribution in [0, 0.1) is 0 Å². The lowest BCUT2D eigenvalue weighted by molar-refractivity contribution is -0.118. The molecule has 2 unspecified atom stereocenters. The first kappa shape index (κ1) is 15.1. The quantitative estimate of drug-likeness (QED) is 0.546. The number of amides is 1. The van der Waals surface area contributed by atoms with Crippen LogP contribution in [0.15, 0.2) is 12.7 Å². The summed E-state index contributed by atoms with van der Waals surface area (Å²) in [6, 6.07) is 0. The monoisotopic (exact) mass is 249 g/mol. The minimum absolute atomic E-state index is 0.452. The van der Waals surface area contributed by atoms with E-state index in [1.807, 2.05) is 6.92 Å². The fraction of sp³-hybridized carbons (Fsp3) is 0.700. The van der Waals surface area contributed by atoms with E-state index in [0.717, 1.165) is 6.08 Å². The number of rotatable bonds is 6. The van der Waals surface area contributed by atoms with E-state index in [-0.39, 0.29) is 0 Å². The largest absolute Gasteiger partial charge is 0.346 e. The van der Waals surface area contributed by atoms with Gasteiger partial charge in [0.1, 0.15) is 5.25 Å². The van der Waals surface area contributed by atoms with Gasteiger partial charge in [-0.15, -0.1) is 0 Å². The molecule has 0 saturated carbocycles. The van der Waals surface area contributed by atoms with Crippen LogP contribution < -0.4 is 5.32 Å². The molecule has 0 radical (unpaired) electrons. The summed E-state index contributed by atoms with van der Waals surface area (Å²) in [5, 5.41) is 1.49. The van der Waals surface area contributed by atoms with Gasteiger partial charge in [-0.3, -0.25) is 9.35 Å². The van der Waals surface area contributed by atoms with Crippen LogP contribution in [0.2, 0.25) is 0 Å². The maximum absolute atomic E-state index is 11.2. The van der Waals surface area contributed by atoms with E-state index in [9.17, 15) is 13.2 Å². The van der Waals surface area contributed by atoms with E-state index in [0.29, 0.717) is 12.8 Å². The minimum atomic E-state index is -4.19. The van der Waals surface area contributed by atoms with E-state index >= 15 is 0 Å². The van der Waals surface area contributed by atoms with Gasteiger partial charge in [0.15, 0.2) is 0 Å². The zero-order chi connectivity index (χ0) is 13.0. The topological polar surface area (TPSA) is 83.5 Å². The maximum Gasteiger partial charge on any atom is 0.269 e. The van der Waals surface area contributed by atoms with Crippen molar-refractivity contribution in [2.24, 2.45) is 0 Å². The van der Waals surface area contributed by atoms with E-state index in [4.69, 9.17) is 4.55 Å². The molecule has 0 aliphatic rings. The molecule has 0 bridgehead atoms. The van der Waals surface area contributed by atoms with Crippen LogP contribution >= 0.6 is 0 Å². The Balaban J connectivity index is 5.09. The van der Waals surface area contributed by atoms with E-state index in [1.54, 1.807) is 6.92 Å². The van der Waals surface area contributed by atoms with Gasteiger partial charge in [-0.25, -0.2) is 0 Å². The molecule has 6 heteroatoms. The molecule has 0 aromatic rings. The van der Waals surface area contributed by atoms with Crippen LogP contribution in [-0.2, 0) is 14.9 Å². The van der Waals surface area contributed by atoms with E-state index in [1.165, 1.54) is 6.92 Å². The van der Waals surface area contributed by atoms with E-state index < -0.39 is 26.8 Å². The molecule has 5 nitrogen and oxygen atoms in total.